The fourth-order valence-corrected chi connectivity index (χ4v) is 5.62. The molecule has 2 aromatic rings. The number of carbonyl (C=O) groups excluding carboxylic acids is 2. The molecule has 0 spiro atoms. The maximum atomic E-state index is 13.4. The van der Waals surface area contributed by atoms with Gasteiger partial charge in [0.2, 0.25) is 5.91 Å². The van der Waals surface area contributed by atoms with Gasteiger partial charge in [-0.05, 0) is 48.8 Å². The Morgan fingerprint density at radius 2 is 1.95 bits per heavy atom. The molecule has 2 fully saturated rings. The third kappa shape index (κ3) is 5.63. The number of hydrogen-bond acceptors (Lipinski definition) is 8. The topological polar surface area (TPSA) is 121 Å². The van der Waals surface area contributed by atoms with Crippen molar-refractivity contribution in [2.45, 2.75) is 64.7 Å². The van der Waals surface area contributed by atoms with Crippen molar-refractivity contribution in [2.24, 2.45) is 11.3 Å². The number of carbonyl (C=O) groups is 2. The second kappa shape index (κ2) is 10.5. The third-order valence-electron chi connectivity index (χ3n) is 8.01. The van der Waals surface area contributed by atoms with Gasteiger partial charge in [-0.15, -0.1) is 0 Å². The summed E-state index contributed by atoms with van der Waals surface area (Å²) in [5.41, 5.74) is 0.697. The van der Waals surface area contributed by atoms with E-state index in [1.54, 1.807) is 0 Å². The first kappa shape index (κ1) is 26.4. The number of rotatable bonds is 7. The molecule has 10 nitrogen and oxygen atoms in total. The fraction of sp³-hybridized carbons (Fsp3) is 0.556. The molecular formula is C27H35BN4O6. The van der Waals surface area contributed by atoms with Crippen LogP contribution in [0.2, 0.25) is 0 Å². The maximum Gasteiger partial charge on any atom is 0.478 e. The standard InChI is InChI=1S/C27H35BN4O6/c1-17-11-23-27(4,15-26(17,2)3)38-28(37-23)16-31-24(33)19(32-25(34)20-14-29-7-8-30-20)12-18-5-6-21-22(13-18)36-10-9-35-21/h5-8,13-14,17,19,23H,9-12,15-16H2,1-4H3,(H,31,33)(H,32,34)/t17-,19?,23+,27-/m0/s1. The third-order valence-corrected chi connectivity index (χ3v) is 8.01. The molecule has 2 amide bonds. The first-order valence-electron chi connectivity index (χ1n) is 13.2. The summed E-state index contributed by atoms with van der Waals surface area (Å²) in [4.78, 5) is 34.2. The molecule has 5 rings (SSSR count). The zero-order valence-corrected chi connectivity index (χ0v) is 22.4. The summed E-state index contributed by atoms with van der Waals surface area (Å²) in [5.74, 6) is 0.947. The van der Waals surface area contributed by atoms with Gasteiger partial charge in [-0.2, -0.15) is 0 Å². The van der Waals surface area contributed by atoms with Crippen molar-refractivity contribution < 1.29 is 28.4 Å². The van der Waals surface area contributed by atoms with Crippen molar-refractivity contribution in [1.29, 1.82) is 0 Å². The molecule has 11 heteroatoms. The van der Waals surface area contributed by atoms with Gasteiger partial charge in [0.1, 0.15) is 24.9 Å². The van der Waals surface area contributed by atoms with Gasteiger partial charge in [-0.3, -0.25) is 14.6 Å². The molecule has 2 N–H and O–H groups in total. The smallest absolute Gasteiger partial charge is 0.478 e. The maximum absolute atomic E-state index is 13.4. The van der Waals surface area contributed by atoms with E-state index in [4.69, 9.17) is 18.8 Å². The predicted molar refractivity (Wildman–Crippen MR) is 140 cm³/mol. The van der Waals surface area contributed by atoms with Crippen molar-refractivity contribution in [3.8, 4) is 11.5 Å². The van der Waals surface area contributed by atoms with Gasteiger partial charge >= 0.3 is 7.12 Å². The van der Waals surface area contributed by atoms with E-state index in [1.165, 1.54) is 18.6 Å². The van der Waals surface area contributed by atoms with Crippen LogP contribution in [0.3, 0.4) is 0 Å². The van der Waals surface area contributed by atoms with E-state index < -0.39 is 24.7 Å². The van der Waals surface area contributed by atoms with Crippen LogP contribution < -0.4 is 20.1 Å². The molecule has 0 bridgehead atoms. The average molecular weight is 522 g/mol. The number of amides is 2. The SMILES string of the molecule is C[C@H]1C[C@H]2OB(CNC(=O)C(Cc3ccc4c(c3)OCCO4)NC(=O)c3cnccn3)O[C@@]2(C)CC1(C)C. The summed E-state index contributed by atoms with van der Waals surface area (Å²) in [5, 5.41) is 5.73. The molecule has 1 saturated carbocycles. The molecule has 3 aliphatic rings. The molecule has 1 unspecified atom stereocenters. The average Bonchev–Trinajstić information content (AvgIpc) is 3.21. The predicted octanol–water partition coefficient (Wildman–Crippen LogP) is 2.36. The molecule has 1 aromatic heterocycles. The number of nitrogens with zero attached hydrogens (tertiary/aromatic N) is 2. The summed E-state index contributed by atoms with van der Waals surface area (Å²) < 4.78 is 23.8. The number of benzene rings is 1. The summed E-state index contributed by atoms with van der Waals surface area (Å²) in [6.07, 6.45) is 6.48. The number of nitrogens with one attached hydrogen (secondary N) is 2. The Morgan fingerprint density at radius 1 is 1.16 bits per heavy atom. The second-order valence-corrected chi connectivity index (χ2v) is 11.3. The lowest BCUT2D eigenvalue weighted by Crippen LogP contribution is -2.50. The van der Waals surface area contributed by atoms with Crippen LogP contribution in [0.25, 0.3) is 0 Å². The van der Waals surface area contributed by atoms with Crippen molar-refractivity contribution in [1.82, 2.24) is 20.6 Å². The number of fused-ring (bicyclic) bond motifs is 2. The Labute approximate surface area is 223 Å². The van der Waals surface area contributed by atoms with Gasteiger partial charge in [0.15, 0.2) is 11.5 Å². The van der Waals surface area contributed by atoms with Gasteiger partial charge in [-0.25, -0.2) is 4.98 Å². The highest BCUT2D eigenvalue weighted by molar-refractivity contribution is 6.46. The van der Waals surface area contributed by atoms with E-state index in [-0.39, 0.29) is 36.0 Å². The zero-order chi connectivity index (χ0) is 26.9. The van der Waals surface area contributed by atoms with Gasteiger partial charge in [-0.1, -0.05) is 26.8 Å². The lowest BCUT2D eigenvalue weighted by molar-refractivity contribution is -0.122. The molecule has 38 heavy (non-hydrogen) atoms. The summed E-state index contributed by atoms with van der Waals surface area (Å²) in [7, 11) is -0.555. The van der Waals surface area contributed by atoms with Gasteiger partial charge in [0.05, 0.1) is 24.3 Å². The molecule has 1 saturated heterocycles. The molecular weight excluding hydrogens is 487 g/mol. The molecule has 3 heterocycles. The normalized spacial score (nSPS) is 26.3. The highest BCUT2D eigenvalue weighted by atomic mass is 16.7. The van der Waals surface area contributed by atoms with Crippen LogP contribution in [0.5, 0.6) is 11.5 Å². The summed E-state index contributed by atoms with van der Waals surface area (Å²) in [6, 6.07) is 4.64. The number of ether oxygens (including phenoxy) is 2. The van der Waals surface area contributed by atoms with E-state index in [0.717, 1.165) is 18.4 Å². The Morgan fingerprint density at radius 3 is 2.71 bits per heavy atom. The fourth-order valence-electron chi connectivity index (χ4n) is 5.62. The highest BCUT2D eigenvalue weighted by Gasteiger charge is 2.55. The van der Waals surface area contributed by atoms with E-state index in [0.29, 0.717) is 30.6 Å². The molecule has 4 atom stereocenters. The molecule has 1 aromatic carbocycles. The first-order valence-corrected chi connectivity index (χ1v) is 13.2. The molecule has 2 aliphatic heterocycles. The minimum Gasteiger partial charge on any atom is -0.486 e. The van der Waals surface area contributed by atoms with Gasteiger partial charge < -0.3 is 29.4 Å². The summed E-state index contributed by atoms with van der Waals surface area (Å²) in [6.45, 7) is 9.83. The Bertz CT molecular complexity index is 1180. The zero-order valence-electron chi connectivity index (χ0n) is 22.4. The van der Waals surface area contributed by atoms with Crippen molar-refractivity contribution in [3.05, 3.63) is 48.0 Å². The lowest BCUT2D eigenvalue weighted by atomic mass is 9.63. The molecule has 0 radical (unpaired) electrons. The van der Waals surface area contributed by atoms with E-state index >= 15 is 0 Å². The molecule has 202 valence electrons. The Kier molecular flexibility index (Phi) is 7.33. The van der Waals surface area contributed by atoms with Crippen LogP contribution in [-0.4, -0.2) is 66.3 Å². The van der Waals surface area contributed by atoms with Crippen molar-refractivity contribution >= 4 is 18.9 Å². The van der Waals surface area contributed by atoms with Crippen LogP contribution >= 0.6 is 0 Å². The number of aromatic nitrogens is 2. The van der Waals surface area contributed by atoms with E-state index in [2.05, 4.69) is 48.3 Å². The minimum absolute atomic E-state index is 0.0164. The Balaban J connectivity index is 1.26. The van der Waals surface area contributed by atoms with Crippen molar-refractivity contribution in [3.63, 3.8) is 0 Å². The van der Waals surface area contributed by atoms with Crippen LogP contribution in [0, 0.1) is 11.3 Å². The quantitative estimate of drug-likeness (QED) is 0.532. The van der Waals surface area contributed by atoms with Crippen LogP contribution in [0.1, 0.15) is 56.6 Å². The summed E-state index contributed by atoms with van der Waals surface area (Å²) >= 11 is 0. The van der Waals surface area contributed by atoms with Gasteiger partial charge in [0.25, 0.3) is 5.91 Å². The van der Waals surface area contributed by atoms with Crippen LogP contribution in [0.15, 0.2) is 36.8 Å². The minimum atomic E-state index is -0.870. The van der Waals surface area contributed by atoms with Crippen molar-refractivity contribution in [2.75, 3.05) is 19.7 Å². The largest absolute Gasteiger partial charge is 0.486 e. The Hall–Kier alpha value is -3.18. The van der Waals surface area contributed by atoms with Gasteiger partial charge in [0, 0.05) is 18.8 Å². The monoisotopic (exact) mass is 522 g/mol. The van der Waals surface area contributed by atoms with E-state index in [1.807, 2.05) is 18.2 Å². The van der Waals surface area contributed by atoms with Crippen LogP contribution in [-0.2, 0) is 20.5 Å². The lowest BCUT2D eigenvalue weighted by Gasteiger charge is -2.47. The second-order valence-electron chi connectivity index (χ2n) is 11.3. The highest BCUT2D eigenvalue weighted by Crippen LogP contribution is 2.50. The first-order chi connectivity index (χ1) is 18.1. The van der Waals surface area contributed by atoms with Crippen LogP contribution in [0.4, 0.5) is 0 Å². The van der Waals surface area contributed by atoms with E-state index in [9.17, 15) is 9.59 Å². The molecule has 1 aliphatic carbocycles. The number of hydrogen-bond donors (Lipinski definition) is 2.